The third-order valence-electron chi connectivity index (χ3n) is 4.26. The van der Waals surface area contributed by atoms with Crippen molar-refractivity contribution in [2.45, 2.75) is 12.8 Å². The van der Waals surface area contributed by atoms with E-state index < -0.39 is 5.97 Å². The topological polar surface area (TPSA) is 63.5 Å². The standard InChI is InChI=1S/C21H21NO4/c1-25-17-11-7-15(8-12-17)18-13-9-16(10-14-21(23)24)22(18)19-5-3-4-6-20(19)26-2/h3-9,11-13H,10,14H2,1-2H3,(H,23,24)/p-1. The number of carbonyl (C=O) groups is 1. The molecule has 1 heterocycles. The molecule has 5 heteroatoms. The molecule has 3 aromatic rings. The molecule has 0 amide bonds. The first kappa shape index (κ1) is 17.6. The van der Waals surface area contributed by atoms with Gasteiger partial charge in [0.05, 0.1) is 25.6 Å². The lowest BCUT2D eigenvalue weighted by Gasteiger charge is -2.17. The summed E-state index contributed by atoms with van der Waals surface area (Å²) in [4.78, 5) is 10.9. The molecule has 5 nitrogen and oxygen atoms in total. The number of ether oxygens (including phenoxy) is 2. The smallest absolute Gasteiger partial charge is 0.142 e. The van der Waals surface area contributed by atoms with E-state index in [0.29, 0.717) is 12.2 Å². The van der Waals surface area contributed by atoms with E-state index >= 15 is 0 Å². The number of carboxylic acids is 1. The number of rotatable bonds is 7. The number of hydrogen-bond donors (Lipinski definition) is 0. The minimum Gasteiger partial charge on any atom is -0.550 e. The van der Waals surface area contributed by atoms with Crippen molar-refractivity contribution >= 4 is 5.97 Å². The summed E-state index contributed by atoms with van der Waals surface area (Å²) in [5.74, 6) is 0.429. The molecule has 0 unspecified atom stereocenters. The van der Waals surface area contributed by atoms with E-state index in [4.69, 9.17) is 9.47 Å². The maximum absolute atomic E-state index is 10.9. The number of carbonyl (C=O) groups excluding carboxylic acids is 1. The predicted octanol–water partition coefficient (Wildman–Crippen LogP) is 2.84. The van der Waals surface area contributed by atoms with E-state index in [1.54, 1.807) is 14.2 Å². The van der Waals surface area contributed by atoms with Crippen LogP contribution in [0.1, 0.15) is 12.1 Å². The van der Waals surface area contributed by atoms with Crippen LogP contribution in [0.4, 0.5) is 0 Å². The Labute approximate surface area is 152 Å². The summed E-state index contributed by atoms with van der Waals surface area (Å²) < 4.78 is 12.8. The zero-order valence-electron chi connectivity index (χ0n) is 14.8. The zero-order chi connectivity index (χ0) is 18.5. The highest BCUT2D eigenvalue weighted by molar-refractivity contribution is 5.68. The Hall–Kier alpha value is -3.21. The minimum absolute atomic E-state index is 0.0405. The molecule has 0 N–H and O–H groups in total. The van der Waals surface area contributed by atoms with Gasteiger partial charge in [0, 0.05) is 11.7 Å². The first-order valence-corrected chi connectivity index (χ1v) is 8.32. The largest absolute Gasteiger partial charge is 0.550 e. The molecule has 2 aromatic carbocycles. The van der Waals surface area contributed by atoms with Gasteiger partial charge in [0.2, 0.25) is 0 Å². The highest BCUT2D eigenvalue weighted by Gasteiger charge is 2.15. The van der Waals surface area contributed by atoms with Crippen LogP contribution in [0.25, 0.3) is 16.9 Å². The third kappa shape index (κ3) is 3.57. The molecule has 134 valence electrons. The van der Waals surface area contributed by atoms with Gasteiger partial charge in [-0.25, -0.2) is 0 Å². The van der Waals surface area contributed by atoms with Crippen LogP contribution in [0.5, 0.6) is 11.5 Å². The van der Waals surface area contributed by atoms with Gasteiger partial charge in [0.25, 0.3) is 0 Å². The van der Waals surface area contributed by atoms with Crippen molar-refractivity contribution in [2.75, 3.05) is 14.2 Å². The van der Waals surface area contributed by atoms with Crippen LogP contribution in [0, 0.1) is 0 Å². The lowest BCUT2D eigenvalue weighted by atomic mass is 10.1. The van der Waals surface area contributed by atoms with Gasteiger partial charge >= 0.3 is 0 Å². The van der Waals surface area contributed by atoms with Gasteiger partial charge in [-0.15, -0.1) is 0 Å². The van der Waals surface area contributed by atoms with Crippen LogP contribution in [0.3, 0.4) is 0 Å². The van der Waals surface area contributed by atoms with Crippen molar-refractivity contribution in [1.82, 2.24) is 4.57 Å². The molecule has 0 bridgehead atoms. The molecular formula is C21H20NO4-. The lowest BCUT2D eigenvalue weighted by Crippen LogP contribution is -2.22. The van der Waals surface area contributed by atoms with Crippen LogP contribution in [0.15, 0.2) is 60.7 Å². The molecule has 0 saturated heterocycles. The average molecular weight is 350 g/mol. The summed E-state index contributed by atoms with van der Waals surface area (Å²) in [6.45, 7) is 0. The van der Waals surface area contributed by atoms with E-state index in [1.807, 2.05) is 65.2 Å². The molecule has 26 heavy (non-hydrogen) atoms. The average Bonchev–Trinajstić information content (AvgIpc) is 3.10. The van der Waals surface area contributed by atoms with Crippen LogP contribution in [-0.4, -0.2) is 24.8 Å². The third-order valence-corrected chi connectivity index (χ3v) is 4.26. The van der Waals surface area contributed by atoms with Gasteiger partial charge in [-0.2, -0.15) is 0 Å². The number of aromatic nitrogens is 1. The molecule has 0 saturated carbocycles. The summed E-state index contributed by atoms with van der Waals surface area (Å²) in [6, 6.07) is 19.3. The Morgan fingerprint density at radius 2 is 1.69 bits per heavy atom. The molecule has 0 aliphatic carbocycles. The second-order valence-electron chi connectivity index (χ2n) is 5.82. The van der Waals surface area contributed by atoms with Gasteiger partial charge in [0.15, 0.2) is 0 Å². The number of aliphatic carboxylic acids is 1. The molecule has 0 radical (unpaired) electrons. The first-order valence-electron chi connectivity index (χ1n) is 8.32. The minimum atomic E-state index is -1.07. The molecule has 0 aliphatic heterocycles. The lowest BCUT2D eigenvalue weighted by molar-refractivity contribution is -0.305. The zero-order valence-corrected chi connectivity index (χ0v) is 14.8. The van der Waals surface area contributed by atoms with Crippen LogP contribution in [0.2, 0.25) is 0 Å². The summed E-state index contributed by atoms with van der Waals surface area (Å²) in [7, 11) is 3.25. The Morgan fingerprint density at radius 1 is 0.962 bits per heavy atom. The summed E-state index contributed by atoms with van der Waals surface area (Å²) in [6.07, 6.45) is 0.331. The number of nitrogens with zero attached hydrogens (tertiary/aromatic N) is 1. The number of benzene rings is 2. The monoisotopic (exact) mass is 350 g/mol. The second kappa shape index (κ2) is 7.78. The number of methoxy groups -OCH3 is 2. The maximum Gasteiger partial charge on any atom is 0.142 e. The highest BCUT2D eigenvalue weighted by Crippen LogP contribution is 2.32. The van der Waals surface area contributed by atoms with E-state index in [9.17, 15) is 9.90 Å². The van der Waals surface area contributed by atoms with Gasteiger partial charge in [-0.05, 0) is 66.9 Å². The van der Waals surface area contributed by atoms with Crippen LogP contribution in [-0.2, 0) is 11.2 Å². The van der Waals surface area contributed by atoms with Crippen molar-refractivity contribution in [2.24, 2.45) is 0 Å². The van der Waals surface area contributed by atoms with Gasteiger partial charge < -0.3 is 23.9 Å². The second-order valence-corrected chi connectivity index (χ2v) is 5.82. The number of hydrogen-bond acceptors (Lipinski definition) is 4. The Bertz CT molecular complexity index is 897. The summed E-state index contributed by atoms with van der Waals surface area (Å²) in [5, 5.41) is 10.9. The molecule has 0 atom stereocenters. The highest BCUT2D eigenvalue weighted by atomic mass is 16.5. The molecule has 1 aromatic heterocycles. The SMILES string of the molecule is COc1ccc(-c2ccc(CCC(=O)[O-])n2-c2ccccc2OC)cc1. The van der Waals surface area contributed by atoms with Crippen molar-refractivity contribution < 1.29 is 19.4 Å². The fourth-order valence-electron chi connectivity index (χ4n) is 2.99. The van der Waals surface area contributed by atoms with Crippen molar-refractivity contribution in [1.29, 1.82) is 0 Å². The van der Waals surface area contributed by atoms with Crippen LogP contribution >= 0.6 is 0 Å². The fourth-order valence-corrected chi connectivity index (χ4v) is 2.99. The van der Waals surface area contributed by atoms with Gasteiger partial charge in [-0.1, -0.05) is 12.1 Å². The molecule has 3 rings (SSSR count). The van der Waals surface area contributed by atoms with Gasteiger partial charge in [-0.3, -0.25) is 0 Å². The quantitative estimate of drug-likeness (QED) is 0.657. The van der Waals surface area contributed by atoms with E-state index in [-0.39, 0.29) is 6.42 Å². The first-order chi connectivity index (χ1) is 12.6. The predicted molar refractivity (Wildman–Crippen MR) is 97.6 cm³/mol. The Kier molecular flexibility index (Phi) is 5.27. The molecule has 0 fully saturated rings. The number of para-hydroxylation sites is 2. The molecule has 0 spiro atoms. The van der Waals surface area contributed by atoms with E-state index in [1.165, 1.54) is 0 Å². The van der Waals surface area contributed by atoms with Crippen molar-refractivity contribution in [3.8, 4) is 28.4 Å². The van der Waals surface area contributed by atoms with Crippen LogP contribution < -0.4 is 14.6 Å². The normalized spacial score (nSPS) is 10.5. The number of carboxylic acid groups (broad SMARTS) is 1. The van der Waals surface area contributed by atoms with Crippen molar-refractivity contribution in [3.63, 3.8) is 0 Å². The Morgan fingerprint density at radius 3 is 2.35 bits per heavy atom. The molecule has 0 aliphatic rings. The summed E-state index contributed by atoms with van der Waals surface area (Å²) >= 11 is 0. The van der Waals surface area contributed by atoms with Crippen molar-refractivity contribution in [3.05, 3.63) is 66.4 Å². The number of aryl methyl sites for hydroxylation is 1. The fraction of sp³-hybridized carbons (Fsp3) is 0.190. The maximum atomic E-state index is 10.9. The molecular weight excluding hydrogens is 330 g/mol. The Balaban J connectivity index is 2.13. The summed E-state index contributed by atoms with van der Waals surface area (Å²) in [5.41, 5.74) is 3.69. The van der Waals surface area contributed by atoms with E-state index in [2.05, 4.69) is 0 Å². The van der Waals surface area contributed by atoms with E-state index in [0.717, 1.165) is 28.4 Å². The van der Waals surface area contributed by atoms with Gasteiger partial charge in [0.1, 0.15) is 11.5 Å².